The summed E-state index contributed by atoms with van der Waals surface area (Å²) in [6.45, 7) is 11.0. The summed E-state index contributed by atoms with van der Waals surface area (Å²) in [6.07, 6.45) is 10.7. The van der Waals surface area contributed by atoms with Crippen molar-refractivity contribution >= 4 is 79.4 Å². The predicted octanol–water partition coefficient (Wildman–Crippen LogP) is 11.1. The van der Waals surface area contributed by atoms with Gasteiger partial charge in [-0.1, -0.05) is 272 Å². The Morgan fingerprint density at radius 2 is 0.363 bits per heavy atom. The van der Waals surface area contributed by atoms with Crippen molar-refractivity contribution < 1.29 is 131 Å². The van der Waals surface area contributed by atoms with Crippen molar-refractivity contribution in [1.29, 1.82) is 0 Å². The molecule has 0 saturated heterocycles. The van der Waals surface area contributed by atoms with Crippen molar-refractivity contribution in [3.05, 3.63) is 313 Å². The molecule has 0 aliphatic carbocycles. The third kappa shape index (κ3) is 28.2. The number of rotatable bonds is 18. The number of carbonyl (C=O) groups is 6. The molecule has 12 aromatic rings. The molecule has 12 rings (SSSR count). The Labute approximate surface area is 652 Å². The van der Waals surface area contributed by atoms with Gasteiger partial charge in [0.05, 0.1) is 22.1 Å². The first-order chi connectivity index (χ1) is 48.4. The molecule has 0 bridgehead atoms. The summed E-state index contributed by atoms with van der Waals surface area (Å²) in [5, 5.41) is 68.3. The van der Waals surface area contributed by atoms with E-state index in [0.717, 1.165) is 77.0 Å². The first-order valence-electron chi connectivity index (χ1n) is 33.1. The van der Waals surface area contributed by atoms with E-state index in [9.17, 15) is 59.4 Å². The quantitative estimate of drug-likeness (QED) is 0.0721. The Morgan fingerprint density at radius 1 is 0.225 bits per heavy atom. The third-order valence-corrected chi connectivity index (χ3v) is 16.1. The molecule has 4 heterocycles. The van der Waals surface area contributed by atoms with Crippen LogP contribution in [0, 0.1) is 71.2 Å². The Kier molecular flexibility index (Phi) is 41.2. The molecule has 0 aliphatic rings. The van der Waals surface area contributed by atoms with E-state index in [2.05, 4.69) is 68.5 Å². The van der Waals surface area contributed by atoms with Crippen LogP contribution in [-0.2, 0) is 28.8 Å². The third-order valence-electron chi connectivity index (χ3n) is 16.1. The smallest absolute Gasteiger partial charge is 0.549 e. The normalized spacial score (nSPS) is 11.7. The molecule has 0 unspecified atom stereocenters. The van der Waals surface area contributed by atoms with Crippen LogP contribution in [0.5, 0.6) is 0 Å². The second-order valence-corrected chi connectivity index (χ2v) is 22.6. The van der Waals surface area contributed by atoms with Crippen molar-refractivity contribution in [1.82, 2.24) is 19.9 Å². The van der Waals surface area contributed by atoms with E-state index in [1.807, 2.05) is 248 Å². The van der Waals surface area contributed by atoms with E-state index in [4.69, 9.17) is 0 Å². The maximum atomic E-state index is 10.6. The van der Waals surface area contributed by atoms with Crippen LogP contribution < -0.4 is 30.6 Å². The molecule has 0 saturated carbocycles. The van der Waals surface area contributed by atoms with E-state index in [-0.39, 0.29) is 71.2 Å². The minimum Gasteiger partial charge on any atom is -0.549 e. The summed E-state index contributed by atoms with van der Waals surface area (Å²) in [7, 11) is 0. The number of hydrogen-bond acceptors (Lipinski definition) is 16. The van der Waals surface area contributed by atoms with Gasteiger partial charge < -0.3 is 59.4 Å². The van der Waals surface area contributed by atoms with Crippen molar-refractivity contribution in [2.24, 2.45) is 0 Å². The second-order valence-electron chi connectivity index (χ2n) is 22.6. The first kappa shape index (κ1) is 86.8. The number of hydrogen-bond donors (Lipinski definition) is 0. The van der Waals surface area contributed by atoms with E-state index in [1.165, 1.54) is 0 Å². The molecule has 8 aromatic carbocycles. The maximum absolute atomic E-state index is 10.6. The van der Waals surface area contributed by atoms with Gasteiger partial charge in [-0.3, -0.25) is 19.9 Å². The van der Waals surface area contributed by atoms with Crippen molar-refractivity contribution in [2.45, 2.75) is 116 Å². The van der Waals surface area contributed by atoms with Crippen LogP contribution in [0.4, 0.5) is 0 Å². The number of carboxylic acid groups (broad SMARTS) is 6. The van der Waals surface area contributed by atoms with Crippen LogP contribution in [-0.4, -0.2) is 55.8 Å². The maximum Gasteiger partial charge on any atom is 3.00 e. The average molecular weight is 1620 g/mol. The molecule has 0 radical (unpaired) electrons. The average Bonchev–Trinajstić information content (AvgIpc) is 0.803. The molecule has 0 amide bonds. The number of pyridine rings is 4. The summed E-state index contributed by atoms with van der Waals surface area (Å²) in [6, 6.07) is 79.2. The summed E-state index contributed by atoms with van der Waals surface area (Å²) in [5.74, 6) is -8.78. The van der Waals surface area contributed by atoms with Gasteiger partial charge in [-0.2, -0.15) is 0 Å². The molecule has 6 atom stereocenters. The van der Waals surface area contributed by atoms with Crippen LogP contribution in [0.3, 0.4) is 0 Å². The van der Waals surface area contributed by atoms with Crippen molar-refractivity contribution in [3.63, 3.8) is 0 Å². The zero-order valence-electron chi connectivity index (χ0n) is 58.1. The number of fused-ring (bicyclic) bond motifs is 6. The molecule has 0 aliphatic heterocycles. The number of aromatic nitrogens is 4. The summed E-state index contributed by atoms with van der Waals surface area (Å²) in [4.78, 5) is 81.1. The van der Waals surface area contributed by atoms with Gasteiger partial charge in [0.15, 0.2) is 0 Å². The summed E-state index contributed by atoms with van der Waals surface area (Å²) >= 11 is 0. The van der Waals surface area contributed by atoms with Gasteiger partial charge in [0.25, 0.3) is 0 Å². The molecule has 102 heavy (non-hydrogen) atoms. The molecule has 16 nitrogen and oxygen atoms in total. The fraction of sp³-hybridized carbons (Fsp3) is 0.214. The molecular formula is C84H82La2N4O12. The molecule has 0 N–H and O–H groups in total. The van der Waals surface area contributed by atoms with Crippen LogP contribution in [0.15, 0.2) is 280 Å². The van der Waals surface area contributed by atoms with Crippen LogP contribution >= 0.6 is 0 Å². The van der Waals surface area contributed by atoms with Gasteiger partial charge in [0.2, 0.25) is 0 Å². The number of aliphatic carboxylic acids is 6. The zero-order valence-corrected chi connectivity index (χ0v) is 65.4. The first-order valence-corrected chi connectivity index (χ1v) is 33.1. The molecule has 4 aromatic heterocycles. The van der Waals surface area contributed by atoms with Gasteiger partial charge in [0.1, 0.15) is 0 Å². The molecule has 0 spiro atoms. The molecule has 516 valence electrons. The molecule has 18 heteroatoms. The summed E-state index contributed by atoms with van der Waals surface area (Å²) < 4.78 is 0. The van der Waals surface area contributed by atoms with E-state index in [0.29, 0.717) is 38.5 Å². The number of carboxylic acids is 6. The van der Waals surface area contributed by atoms with Crippen molar-refractivity contribution in [3.8, 4) is 0 Å². The second kappa shape index (κ2) is 48.4. The van der Waals surface area contributed by atoms with Crippen LogP contribution in [0.25, 0.3) is 43.6 Å². The van der Waals surface area contributed by atoms with Crippen molar-refractivity contribution in [2.75, 3.05) is 0 Å². The number of benzene rings is 8. The standard InChI is InChI=1S/2C12H8N2.6C10H12O2.2La/c2*1-3-9-5-6-10-4-2-8-14-12(10)11(9)13-7-1;6*1-2-9(10(11)12)8-6-4-3-5-7-8;;/h2*1-8H;6*3-7,9H,2H2,1H3,(H,11,12);;/q;;;;;;;;2*+3/p-6/t;;6*9-;;/m..111111../s1. The Hall–Kier alpha value is -9.39. The molecule has 0 fully saturated rings. The predicted molar refractivity (Wildman–Crippen MR) is 381 cm³/mol. The van der Waals surface area contributed by atoms with Gasteiger partial charge >= 0.3 is 71.2 Å². The minimum absolute atomic E-state index is 0. The topological polar surface area (TPSA) is 292 Å². The summed E-state index contributed by atoms with van der Waals surface area (Å²) in [5.41, 5.74) is 8.83. The Balaban J connectivity index is 0.000000303. The van der Waals surface area contributed by atoms with E-state index < -0.39 is 71.3 Å². The number of carbonyl (C=O) groups excluding carboxylic acids is 6. The van der Waals surface area contributed by atoms with Gasteiger partial charge in [0, 0.05) is 118 Å². The van der Waals surface area contributed by atoms with E-state index >= 15 is 0 Å². The van der Waals surface area contributed by atoms with Gasteiger partial charge in [-0.05, 0) is 96.2 Å². The minimum atomic E-state index is -0.997. The van der Waals surface area contributed by atoms with Gasteiger partial charge in [-0.15, -0.1) is 0 Å². The SMILES string of the molecule is CC[C@@H](C(=O)[O-])c1ccccc1.CC[C@@H](C(=O)[O-])c1ccccc1.CC[C@@H](C(=O)[O-])c1ccccc1.CC[C@@H](C(=O)[O-])c1ccccc1.CC[C@@H](C(=O)[O-])c1ccccc1.CC[C@@H](C(=O)[O-])c1ccccc1.[La+3].[La+3].c1cnc2c(c1)ccc1cccnc12.c1cnc2c(c1)ccc1cccnc12. The number of nitrogens with zero attached hydrogens (tertiary/aromatic N) is 4. The fourth-order valence-electron chi connectivity index (χ4n) is 10.7. The Morgan fingerprint density at radius 3 is 0.480 bits per heavy atom. The Bertz CT molecular complexity index is 3750. The zero-order chi connectivity index (χ0) is 72.6. The van der Waals surface area contributed by atoms with Crippen LogP contribution in [0.2, 0.25) is 0 Å². The van der Waals surface area contributed by atoms with Crippen LogP contribution in [0.1, 0.15) is 149 Å². The largest absolute Gasteiger partial charge is 3.00 e. The van der Waals surface area contributed by atoms with E-state index in [1.54, 1.807) is 24.8 Å². The monoisotopic (exact) mass is 1620 g/mol. The molecular weight excluding hydrogens is 1530 g/mol. The van der Waals surface area contributed by atoms with Gasteiger partial charge in [-0.25, -0.2) is 0 Å². The fourth-order valence-corrected chi connectivity index (χ4v) is 10.7.